The van der Waals surface area contributed by atoms with Gasteiger partial charge >= 0.3 is 0 Å². The number of aromatic nitrogens is 3. The number of anilines is 1. The van der Waals surface area contributed by atoms with Crippen LogP contribution in [-0.4, -0.2) is 27.7 Å². The van der Waals surface area contributed by atoms with E-state index in [4.69, 9.17) is 16.2 Å². The number of ether oxygens (including phenoxy) is 1. The maximum atomic E-state index is 6.16. The molecule has 128 valence electrons. The number of hydrogen-bond acceptors (Lipinski definition) is 5. The number of rotatable bonds is 6. The molecule has 6 heteroatoms. The minimum absolute atomic E-state index is 0.460. The molecule has 0 aliphatic heterocycles. The van der Waals surface area contributed by atoms with E-state index in [-0.39, 0.29) is 0 Å². The average molecular weight is 327 g/mol. The molecule has 0 saturated heterocycles. The summed E-state index contributed by atoms with van der Waals surface area (Å²) >= 11 is 0. The SMILES string of the molecule is Cc1nc2c(N)nc3cc(OCCCN)ccc3c2n1CC(C)C. The lowest BCUT2D eigenvalue weighted by molar-refractivity contribution is 0.314. The van der Waals surface area contributed by atoms with Gasteiger partial charge in [-0.1, -0.05) is 13.8 Å². The van der Waals surface area contributed by atoms with Gasteiger partial charge in [0.25, 0.3) is 0 Å². The lowest BCUT2D eigenvalue weighted by Gasteiger charge is -2.12. The van der Waals surface area contributed by atoms with Gasteiger partial charge in [0.1, 0.15) is 17.1 Å². The van der Waals surface area contributed by atoms with Gasteiger partial charge in [0.15, 0.2) is 5.82 Å². The summed E-state index contributed by atoms with van der Waals surface area (Å²) in [6.07, 6.45) is 0.826. The topological polar surface area (TPSA) is 92.0 Å². The molecule has 4 N–H and O–H groups in total. The van der Waals surface area contributed by atoms with Crippen LogP contribution < -0.4 is 16.2 Å². The summed E-state index contributed by atoms with van der Waals surface area (Å²) in [4.78, 5) is 9.15. The molecule has 2 aromatic heterocycles. The van der Waals surface area contributed by atoms with Gasteiger partial charge in [-0.3, -0.25) is 0 Å². The molecule has 24 heavy (non-hydrogen) atoms. The average Bonchev–Trinajstić information content (AvgIpc) is 2.85. The Hall–Kier alpha value is -2.34. The minimum Gasteiger partial charge on any atom is -0.493 e. The van der Waals surface area contributed by atoms with Gasteiger partial charge in [-0.2, -0.15) is 0 Å². The van der Waals surface area contributed by atoms with Gasteiger partial charge in [-0.05, 0) is 37.9 Å². The molecule has 0 amide bonds. The Bertz CT molecular complexity index is 869. The number of imidazole rings is 1. The van der Waals surface area contributed by atoms with E-state index in [1.54, 1.807) is 0 Å². The zero-order valence-electron chi connectivity index (χ0n) is 14.5. The molecule has 0 aliphatic rings. The molecule has 3 aromatic rings. The molecule has 1 aromatic carbocycles. The highest BCUT2D eigenvalue weighted by Gasteiger charge is 2.16. The van der Waals surface area contributed by atoms with Crippen molar-refractivity contribution in [3.63, 3.8) is 0 Å². The normalized spacial score (nSPS) is 11.7. The third kappa shape index (κ3) is 3.01. The highest BCUT2D eigenvalue weighted by Crippen LogP contribution is 2.31. The van der Waals surface area contributed by atoms with Gasteiger partial charge in [0, 0.05) is 18.0 Å². The van der Waals surface area contributed by atoms with Gasteiger partial charge in [0.2, 0.25) is 0 Å². The van der Waals surface area contributed by atoms with Gasteiger partial charge < -0.3 is 20.8 Å². The number of fused-ring (bicyclic) bond motifs is 3. The number of hydrogen-bond donors (Lipinski definition) is 2. The van der Waals surface area contributed by atoms with E-state index in [1.165, 1.54) is 0 Å². The predicted molar refractivity (Wildman–Crippen MR) is 98.2 cm³/mol. The molecular formula is C18H25N5O. The van der Waals surface area contributed by atoms with Crippen molar-refractivity contribution in [1.29, 1.82) is 0 Å². The van der Waals surface area contributed by atoms with E-state index in [2.05, 4.69) is 28.4 Å². The van der Waals surface area contributed by atoms with E-state index in [9.17, 15) is 0 Å². The van der Waals surface area contributed by atoms with Gasteiger partial charge in [-0.15, -0.1) is 0 Å². The van der Waals surface area contributed by atoms with Crippen LogP contribution in [0.15, 0.2) is 18.2 Å². The molecule has 0 spiro atoms. The van der Waals surface area contributed by atoms with E-state index in [0.717, 1.165) is 46.5 Å². The first-order valence-corrected chi connectivity index (χ1v) is 8.40. The fourth-order valence-corrected chi connectivity index (χ4v) is 2.95. The Morgan fingerprint density at radius 3 is 2.75 bits per heavy atom. The van der Waals surface area contributed by atoms with Crippen LogP contribution in [0.4, 0.5) is 5.82 Å². The van der Waals surface area contributed by atoms with E-state index < -0.39 is 0 Å². The third-order valence-electron chi connectivity index (χ3n) is 4.03. The molecule has 2 heterocycles. The van der Waals surface area contributed by atoms with Gasteiger partial charge in [-0.25, -0.2) is 9.97 Å². The van der Waals surface area contributed by atoms with Crippen LogP contribution in [0.5, 0.6) is 5.75 Å². The second kappa shape index (κ2) is 6.65. The van der Waals surface area contributed by atoms with Crippen LogP contribution in [0, 0.1) is 12.8 Å². The van der Waals surface area contributed by atoms with Crippen molar-refractivity contribution in [2.45, 2.75) is 33.7 Å². The summed E-state index contributed by atoms with van der Waals surface area (Å²) in [5.41, 5.74) is 14.3. The zero-order chi connectivity index (χ0) is 17.3. The van der Waals surface area contributed by atoms with E-state index >= 15 is 0 Å². The van der Waals surface area contributed by atoms with Crippen LogP contribution in [-0.2, 0) is 6.54 Å². The van der Waals surface area contributed by atoms with Crippen molar-refractivity contribution in [1.82, 2.24) is 14.5 Å². The van der Waals surface area contributed by atoms with Crippen molar-refractivity contribution in [2.24, 2.45) is 11.7 Å². The molecule has 0 bridgehead atoms. The standard InChI is InChI=1S/C18H25N5O/c1-11(2)10-23-12(3)21-16-17(23)14-6-5-13(24-8-4-7-19)9-15(14)22-18(16)20/h5-6,9,11H,4,7-8,10,19H2,1-3H3,(H2,20,22). The van der Waals surface area contributed by atoms with Crippen LogP contribution in [0.25, 0.3) is 21.9 Å². The number of nitrogens with two attached hydrogens (primary N) is 2. The third-order valence-corrected chi connectivity index (χ3v) is 4.03. The summed E-state index contributed by atoms with van der Waals surface area (Å²) in [5, 5.41) is 1.05. The molecule has 0 aliphatic carbocycles. The van der Waals surface area contributed by atoms with Crippen molar-refractivity contribution >= 4 is 27.8 Å². The smallest absolute Gasteiger partial charge is 0.152 e. The van der Waals surface area contributed by atoms with Crippen molar-refractivity contribution in [2.75, 3.05) is 18.9 Å². The van der Waals surface area contributed by atoms with Crippen molar-refractivity contribution in [3.05, 3.63) is 24.0 Å². The van der Waals surface area contributed by atoms with E-state index in [0.29, 0.717) is 24.9 Å². The highest BCUT2D eigenvalue weighted by atomic mass is 16.5. The van der Waals surface area contributed by atoms with Crippen LogP contribution in [0.3, 0.4) is 0 Å². The maximum Gasteiger partial charge on any atom is 0.152 e. The molecular weight excluding hydrogens is 302 g/mol. The second-order valence-corrected chi connectivity index (χ2v) is 6.53. The summed E-state index contributed by atoms with van der Waals surface area (Å²) in [5.74, 6) is 2.73. The summed E-state index contributed by atoms with van der Waals surface area (Å²) in [7, 11) is 0. The highest BCUT2D eigenvalue weighted by molar-refractivity contribution is 6.06. The molecule has 0 unspecified atom stereocenters. The quantitative estimate of drug-likeness (QED) is 0.679. The second-order valence-electron chi connectivity index (χ2n) is 6.53. The Labute approximate surface area is 141 Å². The molecule has 6 nitrogen and oxygen atoms in total. The summed E-state index contributed by atoms with van der Waals surface area (Å²) in [6, 6.07) is 5.95. The van der Waals surface area contributed by atoms with Crippen LogP contribution >= 0.6 is 0 Å². The zero-order valence-corrected chi connectivity index (χ0v) is 14.5. The number of benzene rings is 1. The number of nitrogens with zero attached hydrogens (tertiary/aromatic N) is 3. The number of aryl methyl sites for hydroxylation is 1. The molecule has 0 radical (unpaired) electrons. The van der Waals surface area contributed by atoms with Crippen LogP contribution in [0.2, 0.25) is 0 Å². The maximum absolute atomic E-state index is 6.16. The fraction of sp³-hybridized carbons (Fsp3) is 0.444. The largest absolute Gasteiger partial charge is 0.493 e. The Kier molecular flexibility index (Phi) is 4.57. The Morgan fingerprint density at radius 1 is 1.25 bits per heavy atom. The molecule has 0 fully saturated rings. The lowest BCUT2D eigenvalue weighted by atomic mass is 10.1. The first kappa shape index (κ1) is 16.5. The Morgan fingerprint density at radius 2 is 2.04 bits per heavy atom. The lowest BCUT2D eigenvalue weighted by Crippen LogP contribution is -2.07. The molecule has 0 atom stereocenters. The van der Waals surface area contributed by atoms with Crippen molar-refractivity contribution < 1.29 is 4.74 Å². The van der Waals surface area contributed by atoms with Gasteiger partial charge in [0.05, 0.1) is 17.6 Å². The molecule has 0 saturated carbocycles. The number of nitrogen functional groups attached to an aromatic ring is 1. The summed E-state index contributed by atoms with van der Waals surface area (Å²) < 4.78 is 7.95. The monoisotopic (exact) mass is 327 g/mol. The summed E-state index contributed by atoms with van der Waals surface area (Å²) in [6.45, 7) is 8.52. The van der Waals surface area contributed by atoms with Crippen LogP contribution in [0.1, 0.15) is 26.1 Å². The Balaban J connectivity index is 2.14. The van der Waals surface area contributed by atoms with E-state index in [1.807, 2.05) is 25.1 Å². The first-order valence-electron chi connectivity index (χ1n) is 8.40. The molecule has 3 rings (SSSR count). The predicted octanol–water partition coefficient (Wildman–Crippen LogP) is 2.86. The first-order chi connectivity index (χ1) is 11.5. The minimum atomic E-state index is 0.460. The number of pyridine rings is 1. The van der Waals surface area contributed by atoms with Crippen molar-refractivity contribution in [3.8, 4) is 5.75 Å². The fourth-order valence-electron chi connectivity index (χ4n) is 2.95.